The molecule has 1 aromatic carbocycles. The molecule has 0 aliphatic rings. The van der Waals surface area contributed by atoms with Crippen LogP contribution < -0.4 is 5.46 Å². The molecule has 5 heteroatoms. The van der Waals surface area contributed by atoms with Gasteiger partial charge in [0.25, 0.3) is 0 Å². The highest BCUT2D eigenvalue weighted by Gasteiger charge is 2.16. The van der Waals surface area contributed by atoms with Crippen LogP contribution in [0, 0.1) is 0 Å². The minimum atomic E-state index is -1.43. The molecule has 0 unspecified atom stereocenters. The first kappa shape index (κ1) is 12.9. The van der Waals surface area contributed by atoms with Crippen LogP contribution in [0.4, 0.5) is 0 Å². The quantitative estimate of drug-likeness (QED) is 0.757. The van der Waals surface area contributed by atoms with Gasteiger partial charge in [0.05, 0.1) is 12.5 Å². The average molecular weight is 245 g/mol. The van der Waals surface area contributed by atoms with Gasteiger partial charge in [-0.1, -0.05) is 24.3 Å². The van der Waals surface area contributed by atoms with Crippen molar-refractivity contribution >= 4 is 12.6 Å². The van der Waals surface area contributed by atoms with Gasteiger partial charge in [-0.25, -0.2) is 0 Å². The highest BCUT2D eigenvalue weighted by atomic mass is 16.4. The summed E-state index contributed by atoms with van der Waals surface area (Å²) < 4.78 is 5.02. The van der Waals surface area contributed by atoms with Crippen LogP contribution in [0.2, 0.25) is 0 Å². The molecule has 0 atom stereocenters. The summed E-state index contributed by atoms with van der Waals surface area (Å²) >= 11 is 0. The Balaban J connectivity index is 2.04. The number of rotatable bonds is 5. The van der Waals surface area contributed by atoms with Crippen molar-refractivity contribution in [2.75, 3.05) is 7.05 Å². The molecule has 0 aliphatic heterocycles. The predicted molar refractivity (Wildman–Crippen MR) is 70.1 cm³/mol. The summed E-state index contributed by atoms with van der Waals surface area (Å²) in [6.07, 6.45) is 3.36. The number of hydrogen-bond donors (Lipinski definition) is 2. The Morgan fingerprint density at radius 3 is 2.61 bits per heavy atom. The number of benzene rings is 1. The summed E-state index contributed by atoms with van der Waals surface area (Å²) in [5.41, 5.74) is 2.56. The topological polar surface area (TPSA) is 56.8 Å². The van der Waals surface area contributed by atoms with Crippen molar-refractivity contribution in [1.29, 1.82) is 0 Å². The lowest BCUT2D eigenvalue weighted by atomic mass is 9.77. The van der Waals surface area contributed by atoms with Crippen molar-refractivity contribution < 1.29 is 14.5 Å². The van der Waals surface area contributed by atoms with Gasteiger partial charge in [0.2, 0.25) is 0 Å². The second-order valence-corrected chi connectivity index (χ2v) is 4.38. The Morgan fingerprint density at radius 1 is 1.17 bits per heavy atom. The zero-order chi connectivity index (χ0) is 13.0. The van der Waals surface area contributed by atoms with Crippen LogP contribution in [0.25, 0.3) is 0 Å². The SMILES string of the molecule is CN(Cc1ccoc1)Cc1ccccc1B(O)O. The van der Waals surface area contributed by atoms with Crippen molar-refractivity contribution in [3.05, 3.63) is 54.0 Å². The van der Waals surface area contributed by atoms with Crippen LogP contribution in [0.3, 0.4) is 0 Å². The van der Waals surface area contributed by atoms with E-state index < -0.39 is 7.12 Å². The van der Waals surface area contributed by atoms with Gasteiger partial charge in [0.1, 0.15) is 0 Å². The zero-order valence-corrected chi connectivity index (χ0v) is 10.3. The van der Waals surface area contributed by atoms with E-state index in [1.165, 1.54) is 0 Å². The van der Waals surface area contributed by atoms with Crippen molar-refractivity contribution in [3.8, 4) is 0 Å². The third kappa shape index (κ3) is 3.23. The molecule has 2 aromatic rings. The Hall–Kier alpha value is -1.56. The van der Waals surface area contributed by atoms with E-state index in [0.717, 1.165) is 17.7 Å². The summed E-state index contributed by atoms with van der Waals surface area (Å²) in [5.74, 6) is 0. The van der Waals surface area contributed by atoms with Crippen LogP contribution in [-0.4, -0.2) is 29.1 Å². The normalized spacial score (nSPS) is 10.9. The fourth-order valence-corrected chi connectivity index (χ4v) is 1.97. The smallest absolute Gasteiger partial charge is 0.472 e. The van der Waals surface area contributed by atoms with Crippen LogP contribution in [0.5, 0.6) is 0 Å². The molecule has 2 rings (SSSR count). The standard InChI is InChI=1S/C13H16BNO3/c1-15(8-11-6-7-18-10-11)9-12-4-2-3-5-13(12)14(16)17/h2-7,10,16-17H,8-9H2,1H3. The minimum Gasteiger partial charge on any atom is -0.472 e. The van der Waals surface area contributed by atoms with E-state index >= 15 is 0 Å². The molecule has 94 valence electrons. The van der Waals surface area contributed by atoms with E-state index in [9.17, 15) is 10.0 Å². The number of hydrogen-bond acceptors (Lipinski definition) is 4. The van der Waals surface area contributed by atoms with Crippen LogP contribution in [-0.2, 0) is 13.1 Å². The Morgan fingerprint density at radius 2 is 1.94 bits per heavy atom. The summed E-state index contributed by atoms with van der Waals surface area (Å²) in [5, 5.41) is 18.6. The fourth-order valence-electron chi connectivity index (χ4n) is 1.97. The van der Waals surface area contributed by atoms with Gasteiger partial charge in [0, 0.05) is 18.7 Å². The second-order valence-electron chi connectivity index (χ2n) is 4.38. The van der Waals surface area contributed by atoms with E-state index in [-0.39, 0.29) is 0 Å². The van der Waals surface area contributed by atoms with Gasteiger partial charge in [-0.15, -0.1) is 0 Å². The van der Waals surface area contributed by atoms with Gasteiger partial charge < -0.3 is 14.5 Å². The van der Waals surface area contributed by atoms with E-state index in [0.29, 0.717) is 12.0 Å². The van der Waals surface area contributed by atoms with Gasteiger partial charge in [-0.3, -0.25) is 4.90 Å². The molecule has 0 saturated carbocycles. The van der Waals surface area contributed by atoms with E-state index in [4.69, 9.17) is 4.42 Å². The first-order valence-corrected chi connectivity index (χ1v) is 5.80. The lowest BCUT2D eigenvalue weighted by Gasteiger charge is -2.18. The maximum atomic E-state index is 9.30. The van der Waals surface area contributed by atoms with Crippen LogP contribution in [0.1, 0.15) is 11.1 Å². The molecule has 0 spiro atoms. The van der Waals surface area contributed by atoms with Gasteiger partial charge >= 0.3 is 7.12 Å². The number of nitrogens with zero attached hydrogens (tertiary/aromatic N) is 1. The highest BCUT2D eigenvalue weighted by molar-refractivity contribution is 6.59. The van der Waals surface area contributed by atoms with Crippen molar-refractivity contribution in [2.24, 2.45) is 0 Å². The summed E-state index contributed by atoms with van der Waals surface area (Å²) in [4.78, 5) is 2.09. The van der Waals surface area contributed by atoms with Crippen molar-refractivity contribution in [3.63, 3.8) is 0 Å². The largest absolute Gasteiger partial charge is 0.488 e. The van der Waals surface area contributed by atoms with E-state index in [2.05, 4.69) is 4.90 Å². The third-order valence-electron chi connectivity index (χ3n) is 2.81. The Kier molecular flexibility index (Phi) is 4.20. The van der Waals surface area contributed by atoms with Crippen LogP contribution in [0.15, 0.2) is 47.3 Å². The molecule has 4 nitrogen and oxygen atoms in total. The predicted octanol–water partition coefficient (Wildman–Crippen LogP) is 0.591. The lowest BCUT2D eigenvalue weighted by molar-refractivity contribution is 0.318. The first-order valence-electron chi connectivity index (χ1n) is 5.80. The Bertz CT molecular complexity index is 485. The number of furan rings is 1. The third-order valence-corrected chi connectivity index (χ3v) is 2.81. The average Bonchev–Trinajstić information content (AvgIpc) is 2.82. The molecule has 0 radical (unpaired) electrons. The van der Waals surface area contributed by atoms with Gasteiger partial charge in [-0.05, 0) is 24.1 Å². The van der Waals surface area contributed by atoms with Crippen LogP contribution >= 0.6 is 0 Å². The molecular formula is C13H16BNO3. The molecule has 18 heavy (non-hydrogen) atoms. The molecule has 1 heterocycles. The molecule has 0 saturated heterocycles. The monoisotopic (exact) mass is 245 g/mol. The molecular weight excluding hydrogens is 229 g/mol. The van der Waals surface area contributed by atoms with Crippen molar-refractivity contribution in [1.82, 2.24) is 4.90 Å². The molecule has 1 aromatic heterocycles. The Labute approximate surface area is 107 Å². The zero-order valence-electron chi connectivity index (χ0n) is 10.3. The minimum absolute atomic E-state index is 0.552. The summed E-state index contributed by atoms with van der Waals surface area (Å²) in [6, 6.07) is 9.25. The fraction of sp³-hybridized carbons (Fsp3) is 0.231. The highest BCUT2D eigenvalue weighted by Crippen LogP contribution is 2.07. The van der Waals surface area contributed by atoms with E-state index in [1.54, 1.807) is 24.7 Å². The van der Waals surface area contributed by atoms with E-state index in [1.807, 2.05) is 25.2 Å². The molecule has 0 bridgehead atoms. The van der Waals surface area contributed by atoms with Gasteiger partial charge in [0.15, 0.2) is 0 Å². The first-order chi connectivity index (χ1) is 8.66. The molecule has 2 N–H and O–H groups in total. The summed E-state index contributed by atoms with van der Waals surface area (Å²) in [7, 11) is 0.552. The maximum Gasteiger partial charge on any atom is 0.488 e. The maximum absolute atomic E-state index is 9.30. The second kappa shape index (κ2) is 5.86. The van der Waals surface area contributed by atoms with Crippen molar-refractivity contribution in [2.45, 2.75) is 13.1 Å². The molecule has 0 fully saturated rings. The summed E-state index contributed by atoms with van der Waals surface area (Å²) in [6.45, 7) is 1.41. The lowest BCUT2D eigenvalue weighted by Crippen LogP contribution is -2.34. The molecule has 0 amide bonds. The molecule has 0 aliphatic carbocycles. The van der Waals surface area contributed by atoms with Gasteiger partial charge in [-0.2, -0.15) is 0 Å².